The molecule has 0 aliphatic heterocycles. The van der Waals surface area contributed by atoms with E-state index in [1.165, 1.54) is 25.6 Å². The number of carbonyl (C=O) groups excluding carboxylic acids is 1. The predicted octanol–water partition coefficient (Wildman–Crippen LogP) is 4.20. The van der Waals surface area contributed by atoms with Crippen molar-refractivity contribution in [2.45, 2.75) is 6.61 Å². The summed E-state index contributed by atoms with van der Waals surface area (Å²) in [5.41, 5.74) is 1.83. The van der Waals surface area contributed by atoms with E-state index in [2.05, 4.69) is 4.98 Å². The van der Waals surface area contributed by atoms with Crippen LogP contribution >= 0.6 is 11.3 Å². The zero-order valence-corrected chi connectivity index (χ0v) is 17.4. The first-order valence-electron chi connectivity index (χ1n) is 8.66. The molecule has 0 radical (unpaired) electrons. The lowest BCUT2D eigenvalue weighted by molar-refractivity contribution is 0.0464. The Hall–Kier alpha value is -3.26. The molecule has 8 heteroatoms. The van der Waals surface area contributed by atoms with Crippen LogP contribution in [0.1, 0.15) is 16.1 Å². The van der Waals surface area contributed by atoms with Gasteiger partial charge in [-0.15, -0.1) is 11.3 Å². The number of thiazole rings is 1. The number of aromatic nitrogens is 1. The summed E-state index contributed by atoms with van der Waals surface area (Å²) >= 11 is 1.45. The largest absolute Gasteiger partial charge is 0.493 e. The van der Waals surface area contributed by atoms with Crippen molar-refractivity contribution in [2.24, 2.45) is 0 Å². The summed E-state index contributed by atoms with van der Waals surface area (Å²) in [6.45, 7) is 0.0446. The summed E-state index contributed by atoms with van der Waals surface area (Å²) in [5, 5.41) is 2.64. The van der Waals surface area contributed by atoms with Crippen LogP contribution < -0.4 is 18.9 Å². The van der Waals surface area contributed by atoms with Crippen LogP contribution in [-0.2, 0) is 11.3 Å². The molecule has 0 atom stereocenters. The fraction of sp³-hybridized carbons (Fsp3) is 0.238. The van der Waals surface area contributed by atoms with E-state index in [-0.39, 0.29) is 6.61 Å². The number of methoxy groups -OCH3 is 4. The Balaban J connectivity index is 1.72. The summed E-state index contributed by atoms with van der Waals surface area (Å²) in [6.07, 6.45) is 0. The van der Waals surface area contributed by atoms with Crippen molar-refractivity contribution in [3.8, 4) is 33.6 Å². The SMILES string of the molecule is COc1ccc(-c2nc(COC(=O)c3cccc(OC)c3OC)cs2)cc1OC. The molecule has 3 aromatic rings. The number of nitrogens with zero attached hydrogens (tertiary/aromatic N) is 1. The molecule has 152 valence electrons. The second-order valence-electron chi connectivity index (χ2n) is 5.83. The Labute approximate surface area is 172 Å². The van der Waals surface area contributed by atoms with Crippen LogP contribution in [0.4, 0.5) is 0 Å². The number of ether oxygens (including phenoxy) is 5. The third-order valence-electron chi connectivity index (χ3n) is 4.16. The molecule has 0 bridgehead atoms. The zero-order valence-electron chi connectivity index (χ0n) is 16.6. The third kappa shape index (κ3) is 4.43. The molecule has 7 nitrogen and oxygen atoms in total. The van der Waals surface area contributed by atoms with E-state index in [0.717, 1.165) is 10.6 Å². The molecule has 29 heavy (non-hydrogen) atoms. The van der Waals surface area contributed by atoms with E-state index < -0.39 is 5.97 Å². The van der Waals surface area contributed by atoms with E-state index in [9.17, 15) is 4.79 Å². The molecule has 0 saturated carbocycles. The van der Waals surface area contributed by atoms with Gasteiger partial charge in [0.1, 0.15) is 17.2 Å². The van der Waals surface area contributed by atoms with E-state index in [1.54, 1.807) is 32.4 Å². The topological polar surface area (TPSA) is 76.1 Å². The molecular formula is C21H21NO6S. The van der Waals surface area contributed by atoms with Crippen LogP contribution in [-0.4, -0.2) is 39.4 Å². The van der Waals surface area contributed by atoms with Gasteiger partial charge in [-0.25, -0.2) is 9.78 Å². The smallest absolute Gasteiger partial charge is 0.342 e. The molecule has 0 saturated heterocycles. The summed E-state index contributed by atoms with van der Waals surface area (Å²) in [5.74, 6) is 1.56. The maximum absolute atomic E-state index is 12.5. The minimum absolute atomic E-state index is 0.0446. The third-order valence-corrected chi connectivity index (χ3v) is 5.10. The molecule has 0 spiro atoms. The highest BCUT2D eigenvalue weighted by Crippen LogP contribution is 2.34. The Morgan fingerprint density at radius 3 is 2.38 bits per heavy atom. The van der Waals surface area contributed by atoms with Crippen LogP contribution in [0.15, 0.2) is 41.8 Å². The van der Waals surface area contributed by atoms with E-state index in [0.29, 0.717) is 34.3 Å². The predicted molar refractivity (Wildman–Crippen MR) is 109 cm³/mol. The van der Waals surface area contributed by atoms with Crippen LogP contribution in [0.3, 0.4) is 0 Å². The van der Waals surface area contributed by atoms with E-state index in [4.69, 9.17) is 23.7 Å². The molecule has 3 rings (SSSR count). The number of esters is 1. The van der Waals surface area contributed by atoms with Crippen LogP contribution in [0, 0.1) is 0 Å². The number of rotatable bonds is 8. The fourth-order valence-corrected chi connectivity index (χ4v) is 3.54. The standard InChI is InChI=1S/C21H21NO6S/c1-24-16-9-8-13(10-18(16)26-3)20-22-14(12-29-20)11-28-21(23)15-6-5-7-17(25-2)19(15)27-4/h5-10,12H,11H2,1-4H3. The maximum atomic E-state index is 12.5. The van der Waals surface area contributed by atoms with Gasteiger partial charge in [0, 0.05) is 10.9 Å². The molecule has 0 N–H and O–H groups in total. The zero-order chi connectivity index (χ0) is 20.8. The van der Waals surface area contributed by atoms with Gasteiger partial charge in [0.05, 0.1) is 34.1 Å². The van der Waals surface area contributed by atoms with Crippen molar-refractivity contribution in [1.82, 2.24) is 4.98 Å². The maximum Gasteiger partial charge on any atom is 0.342 e. The highest BCUT2D eigenvalue weighted by Gasteiger charge is 2.18. The number of hydrogen-bond donors (Lipinski definition) is 0. The quantitative estimate of drug-likeness (QED) is 0.510. The van der Waals surface area contributed by atoms with Gasteiger partial charge >= 0.3 is 5.97 Å². The lowest BCUT2D eigenvalue weighted by Gasteiger charge is -2.11. The lowest BCUT2D eigenvalue weighted by Crippen LogP contribution is -2.08. The molecule has 0 unspecified atom stereocenters. The summed E-state index contributed by atoms with van der Waals surface area (Å²) in [7, 11) is 6.16. The van der Waals surface area contributed by atoms with Gasteiger partial charge < -0.3 is 23.7 Å². The highest BCUT2D eigenvalue weighted by atomic mass is 32.1. The minimum atomic E-state index is -0.513. The van der Waals surface area contributed by atoms with Crippen LogP contribution in [0.25, 0.3) is 10.6 Å². The monoisotopic (exact) mass is 415 g/mol. The Kier molecular flexibility index (Phi) is 6.56. The number of hydrogen-bond acceptors (Lipinski definition) is 8. The van der Waals surface area contributed by atoms with Gasteiger partial charge in [-0.05, 0) is 30.3 Å². The van der Waals surface area contributed by atoms with Gasteiger partial charge in [0.25, 0.3) is 0 Å². The van der Waals surface area contributed by atoms with Gasteiger partial charge in [0.15, 0.2) is 23.0 Å². The average Bonchev–Trinajstić information content (AvgIpc) is 3.25. The fourth-order valence-electron chi connectivity index (χ4n) is 2.74. The molecule has 0 aliphatic carbocycles. The van der Waals surface area contributed by atoms with Crippen molar-refractivity contribution in [1.29, 1.82) is 0 Å². The number of benzene rings is 2. The second-order valence-corrected chi connectivity index (χ2v) is 6.69. The number of carbonyl (C=O) groups is 1. The van der Waals surface area contributed by atoms with E-state index in [1.807, 2.05) is 23.6 Å². The highest BCUT2D eigenvalue weighted by molar-refractivity contribution is 7.13. The molecule has 2 aromatic carbocycles. The van der Waals surface area contributed by atoms with Crippen molar-refractivity contribution in [2.75, 3.05) is 28.4 Å². The van der Waals surface area contributed by atoms with E-state index >= 15 is 0 Å². The summed E-state index contributed by atoms with van der Waals surface area (Å²) in [6, 6.07) is 10.6. The number of para-hydroxylation sites is 1. The van der Waals surface area contributed by atoms with Gasteiger partial charge in [0.2, 0.25) is 0 Å². The second kappa shape index (κ2) is 9.29. The summed E-state index contributed by atoms with van der Waals surface area (Å²) < 4.78 is 26.5. The first-order chi connectivity index (χ1) is 14.1. The molecule has 0 aliphatic rings. The average molecular weight is 415 g/mol. The molecule has 0 fully saturated rings. The normalized spacial score (nSPS) is 10.3. The van der Waals surface area contributed by atoms with Gasteiger partial charge in [-0.3, -0.25) is 0 Å². The Bertz CT molecular complexity index is 1000. The van der Waals surface area contributed by atoms with Crippen molar-refractivity contribution < 1.29 is 28.5 Å². The van der Waals surface area contributed by atoms with Crippen molar-refractivity contribution in [3.63, 3.8) is 0 Å². The first-order valence-corrected chi connectivity index (χ1v) is 9.54. The molecular weight excluding hydrogens is 394 g/mol. The Morgan fingerprint density at radius 2 is 1.69 bits per heavy atom. The van der Waals surface area contributed by atoms with Crippen molar-refractivity contribution >= 4 is 17.3 Å². The van der Waals surface area contributed by atoms with Gasteiger partial charge in [-0.2, -0.15) is 0 Å². The van der Waals surface area contributed by atoms with Crippen LogP contribution in [0.5, 0.6) is 23.0 Å². The first kappa shape index (κ1) is 20.5. The molecule has 1 aromatic heterocycles. The van der Waals surface area contributed by atoms with Gasteiger partial charge in [-0.1, -0.05) is 6.07 Å². The van der Waals surface area contributed by atoms with Crippen molar-refractivity contribution in [3.05, 3.63) is 53.0 Å². The molecule has 0 amide bonds. The summed E-state index contributed by atoms with van der Waals surface area (Å²) in [4.78, 5) is 17.0. The minimum Gasteiger partial charge on any atom is -0.493 e. The Morgan fingerprint density at radius 1 is 0.931 bits per heavy atom. The molecule has 1 heterocycles. The van der Waals surface area contributed by atoms with Crippen LogP contribution in [0.2, 0.25) is 0 Å². The lowest BCUT2D eigenvalue weighted by atomic mass is 10.2.